The van der Waals surface area contributed by atoms with Crippen molar-refractivity contribution >= 4 is 29.5 Å². The first-order chi connectivity index (χ1) is 17.5. The Balaban J connectivity index is 1.79. The molecule has 3 amide bonds. The number of nitrogens with one attached hydrogen (secondary N) is 2. The molecule has 7 nitrogen and oxygen atoms in total. The number of carbonyl (C=O) groups is 3. The Labute approximate surface area is 224 Å². The number of benzene rings is 2. The molecule has 3 unspecified atom stereocenters. The Hall–Kier alpha value is -2.84. The van der Waals surface area contributed by atoms with Crippen molar-refractivity contribution < 1.29 is 19.5 Å². The number of hydrogen-bond acceptors (Lipinski definition) is 5. The van der Waals surface area contributed by atoms with E-state index in [1.165, 1.54) is 16.7 Å². The van der Waals surface area contributed by atoms with Crippen molar-refractivity contribution in [1.29, 1.82) is 0 Å². The largest absolute Gasteiger partial charge is 0.381 e. The molecule has 0 aliphatic carbocycles. The van der Waals surface area contributed by atoms with E-state index in [-0.39, 0.29) is 23.6 Å². The molecule has 3 rings (SSSR count). The number of thioether (sulfide) groups is 1. The average Bonchev–Trinajstić information content (AvgIpc) is 3.21. The van der Waals surface area contributed by atoms with Crippen LogP contribution in [0.2, 0.25) is 0 Å². The van der Waals surface area contributed by atoms with E-state index in [9.17, 15) is 19.5 Å². The minimum Gasteiger partial charge on any atom is -0.381 e. The summed E-state index contributed by atoms with van der Waals surface area (Å²) in [6.07, 6.45) is -0.548. The number of nitrogens with zero attached hydrogens (tertiary/aromatic N) is 1. The molecule has 0 spiro atoms. The molecule has 0 bridgehead atoms. The average molecular weight is 526 g/mol. The maximum absolute atomic E-state index is 13.7. The summed E-state index contributed by atoms with van der Waals surface area (Å²) >= 11 is 1.50. The number of aryl methyl sites for hydroxylation is 1. The maximum Gasteiger partial charge on any atom is 0.254 e. The third-order valence-electron chi connectivity index (χ3n) is 7.11. The summed E-state index contributed by atoms with van der Waals surface area (Å²) in [6.45, 7) is 9.95. The third kappa shape index (κ3) is 7.14. The fourth-order valence-electron chi connectivity index (χ4n) is 4.46. The predicted octanol–water partition coefficient (Wildman–Crippen LogP) is 3.43. The third-order valence-corrected chi connectivity index (χ3v) is 8.49. The van der Waals surface area contributed by atoms with Gasteiger partial charge in [-0.25, -0.2) is 0 Å². The lowest BCUT2D eigenvalue weighted by Crippen LogP contribution is -2.59. The van der Waals surface area contributed by atoms with Crippen LogP contribution in [-0.4, -0.2) is 56.5 Å². The highest BCUT2D eigenvalue weighted by Gasteiger charge is 2.49. The minimum absolute atomic E-state index is 0.209. The number of rotatable bonds is 10. The van der Waals surface area contributed by atoms with Crippen molar-refractivity contribution in [3.63, 3.8) is 0 Å². The van der Waals surface area contributed by atoms with E-state index in [1.807, 2.05) is 89.2 Å². The molecule has 1 fully saturated rings. The first-order valence-electron chi connectivity index (χ1n) is 12.8. The number of amides is 3. The Kier molecular flexibility index (Phi) is 9.79. The fraction of sp³-hybridized carbons (Fsp3) is 0.483. The second-order valence-electron chi connectivity index (χ2n) is 10.3. The molecule has 1 saturated heterocycles. The van der Waals surface area contributed by atoms with Gasteiger partial charge in [0.25, 0.3) is 5.91 Å². The first-order valence-corrected chi connectivity index (χ1v) is 13.8. The maximum atomic E-state index is 13.7. The van der Waals surface area contributed by atoms with Crippen molar-refractivity contribution in [2.24, 2.45) is 5.92 Å². The molecule has 37 heavy (non-hydrogen) atoms. The van der Waals surface area contributed by atoms with Gasteiger partial charge in [-0.3, -0.25) is 14.4 Å². The summed E-state index contributed by atoms with van der Waals surface area (Å²) < 4.78 is -0.542. The molecular formula is C29H39N3O4S. The number of aliphatic hydroxyl groups is 1. The monoisotopic (exact) mass is 525 g/mol. The minimum atomic E-state index is -1.49. The van der Waals surface area contributed by atoms with E-state index in [0.29, 0.717) is 19.4 Å². The quantitative estimate of drug-likeness (QED) is 0.442. The first kappa shape index (κ1) is 28.7. The van der Waals surface area contributed by atoms with Crippen LogP contribution in [0, 0.1) is 12.8 Å². The van der Waals surface area contributed by atoms with Crippen molar-refractivity contribution in [3.05, 3.63) is 71.3 Å². The van der Waals surface area contributed by atoms with Crippen LogP contribution in [0.3, 0.4) is 0 Å². The van der Waals surface area contributed by atoms with Crippen LogP contribution in [0.25, 0.3) is 0 Å². The molecule has 3 N–H and O–H groups in total. The van der Waals surface area contributed by atoms with E-state index in [1.54, 1.807) is 0 Å². The molecule has 1 aliphatic heterocycles. The lowest BCUT2D eigenvalue weighted by Gasteiger charge is -2.33. The van der Waals surface area contributed by atoms with Gasteiger partial charge in [-0.05, 0) is 50.3 Å². The van der Waals surface area contributed by atoms with E-state index < -0.39 is 28.8 Å². The molecule has 2 aromatic rings. The van der Waals surface area contributed by atoms with Crippen molar-refractivity contribution in [2.75, 3.05) is 5.88 Å². The molecule has 200 valence electrons. The molecular weight excluding hydrogens is 486 g/mol. The number of hydrogen-bond donors (Lipinski definition) is 3. The van der Waals surface area contributed by atoms with Crippen LogP contribution < -0.4 is 10.6 Å². The van der Waals surface area contributed by atoms with Crippen LogP contribution in [0.15, 0.2) is 54.6 Å². The van der Waals surface area contributed by atoms with Gasteiger partial charge in [0, 0.05) is 17.2 Å². The van der Waals surface area contributed by atoms with Crippen molar-refractivity contribution in [1.82, 2.24) is 15.5 Å². The van der Waals surface area contributed by atoms with Crippen molar-refractivity contribution in [2.45, 2.75) is 76.9 Å². The molecule has 1 heterocycles. The van der Waals surface area contributed by atoms with Gasteiger partial charge in [-0.15, -0.1) is 11.8 Å². The lowest BCUT2D eigenvalue weighted by molar-refractivity contribution is -0.148. The van der Waals surface area contributed by atoms with Gasteiger partial charge in [0.2, 0.25) is 11.8 Å². The molecule has 2 aromatic carbocycles. The zero-order valence-corrected chi connectivity index (χ0v) is 23.2. The van der Waals surface area contributed by atoms with Gasteiger partial charge >= 0.3 is 0 Å². The van der Waals surface area contributed by atoms with Gasteiger partial charge in [0.15, 0.2) is 6.10 Å². The Morgan fingerprint density at radius 2 is 1.76 bits per heavy atom. The van der Waals surface area contributed by atoms with Crippen LogP contribution >= 0.6 is 11.8 Å². The highest BCUT2D eigenvalue weighted by molar-refractivity contribution is 8.00. The molecule has 4 atom stereocenters. The summed E-state index contributed by atoms with van der Waals surface area (Å²) in [5.74, 6) is -0.995. The van der Waals surface area contributed by atoms with Crippen LogP contribution in [-0.2, 0) is 27.3 Å². The fourth-order valence-corrected chi connectivity index (χ4v) is 5.60. The van der Waals surface area contributed by atoms with Gasteiger partial charge in [-0.1, -0.05) is 68.4 Å². The summed E-state index contributed by atoms with van der Waals surface area (Å²) in [5.41, 5.74) is 2.98. The predicted molar refractivity (Wildman–Crippen MR) is 148 cm³/mol. The Morgan fingerprint density at radius 1 is 1.11 bits per heavy atom. The second kappa shape index (κ2) is 12.6. The van der Waals surface area contributed by atoms with E-state index >= 15 is 0 Å². The van der Waals surface area contributed by atoms with E-state index in [0.717, 1.165) is 16.7 Å². The highest BCUT2D eigenvalue weighted by Crippen LogP contribution is 2.40. The SMILES string of the molecule is CCC(C)C(=O)NC(Cc1ccccc1)C(O)C(=O)N1CSC(C)(C)[C@H]1C(=O)NCc1ccccc1C. The van der Waals surface area contributed by atoms with Gasteiger partial charge in [0.1, 0.15) is 6.04 Å². The van der Waals surface area contributed by atoms with Gasteiger partial charge in [-0.2, -0.15) is 0 Å². The lowest BCUT2D eigenvalue weighted by atomic mass is 9.96. The summed E-state index contributed by atoms with van der Waals surface area (Å²) in [5, 5.41) is 17.2. The zero-order chi connectivity index (χ0) is 27.2. The standard InChI is InChI=1S/C29H39N3O4S/c1-6-19(2)26(34)31-23(16-21-13-8-7-9-14-21)24(33)28(36)32-18-37-29(4,5)25(32)27(35)30-17-22-15-11-10-12-20(22)3/h7-15,19,23-25,33H,6,16-18H2,1-5H3,(H,30,35)(H,31,34)/t19?,23?,24?,25-/m1/s1. The molecule has 8 heteroatoms. The van der Waals surface area contributed by atoms with E-state index in [4.69, 9.17) is 0 Å². The van der Waals surface area contributed by atoms with Gasteiger partial charge in [0.05, 0.1) is 11.9 Å². The van der Waals surface area contributed by atoms with Crippen LogP contribution in [0.1, 0.15) is 50.8 Å². The van der Waals surface area contributed by atoms with Crippen LogP contribution in [0.4, 0.5) is 0 Å². The normalized spacial score (nSPS) is 19.1. The molecule has 1 aliphatic rings. The number of aliphatic hydroxyl groups excluding tert-OH is 1. The summed E-state index contributed by atoms with van der Waals surface area (Å²) in [4.78, 5) is 41.2. The highest BCUT2D eigenvalue weighted by atomic mass is 32.2. The zero-order valence-electron chi connectivity index (χ0n) is 22.4. The topological polar surface area (TPSA) is 98.7 Å². The summed E-state index contributed by atoms with van der Waals surface area (Å²) in [7, 11) is 0. The Bertz CT molecular complexity index is 1090. The van der Waals surface area contributed by atoms with Crippen LogP contribution in [0.5, 0.6) is 0 Å². The van der Waals surface area contributed by atoms with Gasteiger partial charge < -0.3 is 20.6 Å². The summed E-state index contributed by atoms with van der Waals surface area (Å²) in [6, 6.07) is 15.7. The smallest absolute Gasteiger partial charge is 0.254 e. The Morgan fingerprint density at radius 3 is 2.41 bits per heavy atom. The second-order valence-corrected chi connectivity index (χ2v) is 11.9. The van der Waals surface area contributed by atoms with Crippen molar-refractivity contribution in [3.8, 4) is 0 Å². The molecule has 0 radical (unpaired) electrons. The molecule has 0 saturated carbocycles. The van der Waals surface area contributed by atoms with E-state index in [2.05, 4.69) is 10.6 Å². The molecule has 0 aromatic heterocycles. The number of carbonyl (C=O) groups excluding carboxylic acids is 3.